The van der Waals surface area contributed by atoms with E-state index in [-0.39, 0.29) is 17.9 Å². The van der Waals surface area contributed by atoms with Gasteiger partial charge in [-0.3, -0.25) is 4.79 Å². The number of carboxylic acids is 1. The number of aliphatic carboxylic acids is 1. The molecule has 104 valence electrons. The molecule has 1 saturated heterocycles. The molecule has 0 aromatic carbocycles. The van der Waals surface area contributed by atoms with Crippen molar-refractivity contribution in [1.82, 2.24) is 4.90 Å². The lowest BCUT2D eigenvalue weighted by atomic mass is 10.0. The molecule has 0 spiro atoms. The highest BCUT2D eigenvalue weighted by atomic mass is 32.2. The van der Waals surface area contributed by atoms with Crippen LogP contribution in [0.5, 0.6) is 0 Å². The molecule has 2 unspecified atom stereocenters. The number of thioether (sulfide) groups is 1. The second kappa shape index (κ2) is 6.99. The van der Waals surface area contributed by atoms with Crippen LogP contribution in [0.25, 0.3) is 0 Å². The van der Waals surface area contributed by atoms with Crippen LogP contribution in [0, 0.1) is 5.92 Å². The molecule has 1 aliphatic rings. The van der Waals surface area contributed by atoms with Crippen molar-refractivity contribution in [2.45, 2.75) is 45.2 Å². The van der Waals surface area contributed by atoms with Crippen LogP contribution in [-0.4, -0.2) is 45.6 Å². The molecular formula is C12H22N2O3S. The molecule has 6 heteroatoms. The van der Waals surface area contributed by atoms with E-state index in [1.54, 1.807) is 0 Å². The van der Waals surface area contributed by atoms with E-state index < -0.39 is 12.0 Å². The SMILES string of the molecule is CC(N)CCCC(C)C(=O)N1CSC[C@H]1C(=O)O. The number of carbonyl (C=O) groups excluding carboxylic acids is 1. The van der Waals surface area contributed by atoms with Crippen LogP contribution in [-0.2, 0) is 9.59 Å². The van der Waals surface area contributed by atoms with Crippen molar-refractivity contribution in [3.8, 4) is 0 Å². The van der Waals surface area contributed by atoms with E-state index in [1.807, 2.05) is 13.8 Å². The number of nitrogens with two attached hydrogens (primary N) is 1. The van der Waals surface area contributed by atoms with Gasteiger partial charge in [-0.2, -0.15) is 0 Å². The van der Waals surface area contributed by atoms with Crippen LogP contribution in [0.15, 0.2) is 0 Å². The van der Waals surface area contributed by atoms with E-state index in [4.69, 9.17) is 10.8 Å². The average molecular weight is 274 g/mol. The van der Waals surface area contributed by atoms with Crippen LogP contribution in [0.1, 0.15) is 33.1 Å². The summed E-state index contributed by atoms with van der Waals surface area (Å²) >= 11 is 1.50. The van der Waals surface area contributed by atoms with Crippen LogP contribution in [0.2, 0.25) is 0 Å². The first-order valence-corrected chi connectivity index (χ1v) is 7.45. The minimum atomic E-state index is -0.906. The van der Waals surface area contributed by atoms with Crippen LogP contribution >= 0.6 is 11.8 Å². The zero-order valence-corrected chi connectivity index (χ0v) is 11.8. The van der Waals surface area contributed by atoms with Crippen molar-refractivity contribution >= 4 is 23.6 Å². The monoisotopic (exact) mass is 274 g/mol. The average Bonchev–Trinajstić information content (AvgIpc) is 2.76. The Morgan fingerprint density at radius 3 is 2.67 bits per heavy atom. The predicted octanol–water partition coefficient (Wildman–Crippen LogP) is 1.13. The van der Waals surface area contributed by atoms with Crippen molar-refractivity contribution < 1.29 is 14.7 Å². The van der Waals surface area contributed by atoms with Gasteiger partial charge < -0.3 is 15.7 Å². The first-order valence-electron chi connectivity index (χ1n) is 6.30. The van der Waals surface area contributed by atoms with Crippen molar-refractivity contribution in [3.63, 3.8) is 0 Å². The third kappa shape index (κ3) is 4.17. The highest BCUT2D eigenvalue weighted by molar-refractivity contribution is 7.99. The largest absolute Gasteiger partial charge is 0.480 e. The minimum Gasteiger partial charge on any atom is -0.480 e. The number of hydrogen-bond donors (Lipinski definition) is 2. The maximum absolute atomic E-state index is 12.2. The summed E-state index contributed by atoms with van der Waals surface area (Å²) < 4.78 is 0. The Hall–Kier alpha value is -0.750. The quantitative estimate of drug-likeness (QED) is 0.758. The molecular weight excluding hydrogens is 252 g/mol. The Morgan fingerprint density at radius 1 is 1.44 bits per heavy atom. The van der Waals surface area contributed by atoms with Gasteiger partial charge in [-0.1, -0.05) is 13.3 Å². The Morgan fingerprint density at radius 2 is 2.11 bits per heavy atom. The van der Waals surface area contributed by atoms with Crippen molar-refractivity contribution in [2.24, 2.45) is 11.7 Å². The summed E-state index contributed by atoms with van der Waals surface area (Å²) in [6, 6.07) is -0.500. The Kier molecular flexibility index (Phi) is 5.95. The van der Waals surface area contributed by atoms with Gasteiger partial charge in [-0.25, -0.2) is 4.79 Å². The molecule has 0 aromatic rings. The van der Waals surface area contributed by atoms with Gasteiger partial charge in [0.05, 0.1) is 5.88 Å². The van der Waals surface area contributed by atoms with Crippen molar-refractivity contribution in [1.29, 1.82) is 0 Å². The van der Waals surface area contributed by atoms with Crippen molar-refractivity contribution in [2.75, 3.05) is 11.6 Å². The summed E-state index contributed by atoms with van der Waals surface area (Å²) in [5.74, 6) is -0.0846. The molecule has 0 bridgehead atoms. The van der Waals surface area contributed by atoms with Crippen molar-refractivity contribution in [3.05, 3.63) is 0 Å². The highest BCUT2D eigenvalue weighted by Crippen LogP contribution is 2.24. The zero-order valence-electron chi connectivity index (χ0n) is 11.0. The number of nitrogens with zero attached hydrogens (tertiary/aromatic N) is 1. The van der Waals surface area contributed by atoms with Gasteiger partial charge in [0.1, 0.15) is 6.04 Å². The Balaban J connectivity index is 2.45. The van der Waals surface area contributed by atoms with Crippen LogP contribution in [0.3, 0.4) is 0 Å². The van der Waals surface area contributed by atoms with Gasteiger partial charge in [0.15, 0.2) is 0 Å². The molecule has 0 radical (unpaired) electrons. The fourth-order valence-corrected chi connectivity index (χ4v) is 3.17. The highest BCUT2D eigenvalue weighted by Gasteiger charge is 2.36. The molecule has 1 rings (SSSR count). The number of amides is 1. The third-order valence-electron chi connectivity index (χ3n) is 3.17. The second-order valence-electron chi connectivity index (χ2n) is 4.97. The molecule has 0 aliphatic carbocycles. The third-order valence-corrected chi connectivity index (χ3v) is 4.18. The Bertz CT molecular complexity index is 310. The maximum Gasteiger partial charge on any atom is 0.327 e. The number of rotatable bonds is 6. The van der Waals surface area contributed by atoms with Crippen LogP contribution in [0.4, 0.5) is 0 Å². The minimum absolute atomic E-state index is 0.0444. The first kappa shape index (κ1) is 15.3. The van der Waals surface area contributed by atoms with E-state index in [0.29, 0.717) is 11.6 Å². The Labute approximate surface area is 112 Å². The van der Waals surface area contributed by atoms with Gasteiger partial charge in [0.2, 0.25) is 5.91 Å². The molecule has 3 atom stereocenters. The lowest BCUT2D eigenvalue weighted by molar-refractivity contribution is -0.149. The number of hydrogen-bond acceptors (Lipinski definition) is 4. The number of carbonyl (C=O) groups is 2. The molecule has 0 saturated carbocycles. The van der Waals surface area contributed by atoms with E-state index in [0.717, 1.165) is 19.3 Å². The zero-order chi connectivity index (χ0) is 13.7. The van der Waals surface area contributed by atoms with Gasteiger partial charge in [-0.15, -0.1) is 11.8 Å². The summed E-state index contributed by atoms with van der Waals surface area (Å²) in [6.07, 6.45) is 2.58. The van der Waals surface area contributed by atoms with E-state index in [9.17, 15) is 9.59 Å². The topological polar surface area (TPSA) is 83.6 Å². The maximum atomic E-state index is 12.2. The molecule has 5 nitrogen and oxygen atoms in total. The van der Waals surface area contributed by atoms with E-state index in [1.165, 1.54) is 16.7 Å². The molecule has 3 N–H and O–H groups in total. The molecule has 1 fully saturated rings. The summed E-state index contributed by atoms with van der Waals surface area (Å²) in [4.78, 5) is 24.7. The molecule has 1 aliphatic heterocycles. The summed E-state index contributed by atoms with van der Waals surface area (Å²) in [7, 11) is 0. The molecule has 1 amide bonds. The smallest absolute Gasteiger partial charge is 0.327 e. The predicted molar refractivity (Wildman–Crippen MR) is 72.3 cm³/mol. The lowest BCUT2D eigenvalue weighted by Gasteiger charge is -2.24. The first-order chi connectivity index (χ1) is 8.43. The summed E-state index contributed by atoms with van der Waals surface area (Å²) in [6.45, 7) is 3.81. The fourth-order valence-electron chi connectivity index (χ4n) is 2.02. The normalized spacial score (nSPS) is 22.8. The van der Waals surface area contributed by atoms with Crippen LogP contribution < -0.4 is 5.73 Å². The van der Waals surface area contributed by atoms with Gasteiger partial charge in [0, 0.05) is 17.7 Å². The fraction of sp³-hybridized carbons (Fsp3) is 0.833. The lowest BCUT2D eigenvalue weighted by Crippen LogP contribution is -2.44. The molecule has 18 heavy (non-hydrogen) atoms. The van der Waals surface area contributed by atoms with Gasteiger partial charge in [0.25, 0.3) is 0 Å². The standard InChI is InChI=1S/C12H22N2O3S/c1-8(4-3-5-9(2)13)11(15)14-7-18-6-10(14)12(16)17/h8-10H,3-7,13H2,1-2H3,(H,16,17)/t8?,9?,10-/m0/s1. The summed E-state index contributed by atoms with van der Waals surface area (Å²) in [5.41, 5.74) is 5.66. The second-order valence-corrected chi connectivity index (χ2v) is 5.97. The van der Waals surface area contributed by atoms with Gasteiger partial charge >= 0.3 is 5.97 Å². The van der Waals surface area contributed by atoms with E-state index in [2.05, 4.69) is 0 Å². The molecule has 1 heterocycles. The number of carboxylic acid groups (broad SMARTS) is 1. The van der Waals surface area contributed by atoms with E-state index >= 15 is 0 Å². The summed E-state index contributed by atoms with van der Waals surface area (Å²) in [5, 5.41) is 9.04. The molecule has 0 aromatic heterocycles. The van der Waals surface area contributed by atoms with Gasteiger partial charge in [-0.05, 0) is 19.8 Å².